The Morgan fingerprint density at radius 3 is 2.57 bits per heavy atom. The van der Waals surface area contributed by atoms with Gasteiger partial charge in [0.2, 0.25) is 10.0 Å². The molecule has 1 aliphatic rings. The van der Waals surface area contributed by atoms with Crippen molar-refractivity contribution in [1.29, 1.82) is 0 Å². The van der Waals surface area contributed by atoms with Crippen molar-refractivity contribution >= 4 is 10.0 Å². The van der Waals surface area contributed by atoms with Gasteiger partial charge in [-0.2, -0.15) is 5.10 Å². The van der Waals surface area contributed by atoms with Crippen molar-refractivity contribution in [1.82, 2.24) is 19.8 Å². The lowest BCUT2D eigenvalue weighted by Gasteiger charge is -2.07. The Morgan fingerprint density at radius 2 is 2.00 bits per heavy atom. The lowest BCUT2D eigenvalue weighted by atomic mass is 10.2. The van der Waals surface area contributed by atoms with Gasteiger partial charge in [0.1, 0.15) is 0 Å². The number of rotatable bonds is 9. The second-order valence-electron chi connectivity index (χ2n) is 5.85. The van der Waals surface area contributed by atoms with E-state index < -0.39 is 10.0 Å². The molecule has 0 aromatic carbocycles. The first kappa shape index (κ1) is 16.5. The second-order valence-corrected chi connectivity index (χ2v) is 7.77. The zero-order valence-corrected chi connectivity index (χ0v) is 14.0. The Kier molecular flexibility index (Phi) is 5.40. The summed E-state index contributed by atoms with van der Waals surface area (Å²) in [6.07, 6.45) is 4.13. The summed E-state index contributed by atoms with van der Waals surface area (Å²) in [6, 6.07) is 0.691. The molecule has 0 atom stereocenters. The van der Waals surface area contributed by atoms with Crippen LogP contribution in [0.2, 0.25) is 0 Å². The van der Waals surface area contributed by atoms with Crippen LogP contribution in [-0.4, -0.2) is 36.5 Å². The summed E-state index contributed by atoms with van der Waals surface area (Å²) in [5.74, 6) is 0.192. The van der Waals surface area contributed by atoms with E-state index >= 15 is 0 Å². The Morgan fingerprint density at radius 1 is 1.29 bits per heavy atom. The number of unbranched alkanes of at least 4 members (excludes halogenated alkanes) is 1. The van der Waals surface area contributed by atoms with E-state index in [9.17, 15) is 8.42 Å². The predicted molar refractivity (Wildman–Crippen MR) is 83.6 cm³/mol. The first-order valence-corrected chi connectivity index (χ1v) is 9.24. The summed E-state index contributed by atoms with van der Waals surface area (Å²) in [5, 5.41) is 7.69. The highest BCUT2D eigenvalue weighted by Crippen LogP contribution is 2.18. The van der Waals surface area contributed by atoms with Gasteiger partial charge in [-0.05, 0) is 46.1 Å². The molecule has 1 heterocycles. The first-order chi connectivity index (χ1) is 9.89. The molecule has 2 rings (SSSR count). The van der Waals surface area contributed by atoms with E-state index in [2.05, 4.69) is 15.1 Å². The third kappa shape index (κ3) is 5.09. The number of sulfonamides is 1. The molecular formula is C14H26N4O2S. The van der Waals surface area contributed by atoms with Crippen LogP contribution < -0.4 is 10.0 Å². The molecule has 2 N–H and O–H groups in total. The van der Waals surface area contributed by atoms with Crippen LogP contribution in [0.4, 0.5) is 0 Å². The van der Waals surface area contributed by atoms with Crippen LogP contribution in [0.25, 0.3) is 0 Å². The molecule has 0 amide bonds. The Balaban J connectivity index is 1.72. The van der Waals surface area contributed by atoms with Crippen LogP contribution in [0, 0.1) is 13.8 Å². The van der Waals surface area contributed by atoms with Gasteiger partial charge in [-0.15, -0.1) is 0 Å². The van der Waals surface area contributed by atoms with E-state index in [4.69, 9.17) is 0 Å². The van der Waals surface area contributed by atoms with E-state index in [-0.39, 0.29) is 5.75 Å². The number of hydrogen-bond acceptors (Lipinski definition) is 4. The summed E-state index contributed by atoms with van der Waals surface area (Å²) in [7, 11) is -1.34. The maximum absolute atomic E-state index is 12.0. The minimum atomic E-state index is -3.20. The fourth-order valence-corrected chi connectivity index (χ4v) is 3.43. The molecule has 1 aromatic heterocycles. The fraction of sp³-hybridized carbons (Fsp3) is 0.786. The van der Waals surface area contributed by atoms with E-state index in [1.54, 1.807) is 4.68 Å². The van der Waals surface area contributed by atoms with Gasteiger partial charge < -0.3 is 5.32 Å². The summed E-state index contributed by atoms with van der Waals surface area (Å²) in [6.45, 7) is 5.10. The van der Waals surface area contributed by atoms with Crippen molar-refractivity contribution in [2.24, 2.45) is 7.05 Å². The molecule has 0 saturated heterocycles. The maximum atomic E-state index is 12.0. The number of nitrogens with one attached hydrogen (secondary N) is 2. The molecule has 1 aliphatic carbocycles. The third-order valence-electron chi connectivity index (χ3n) is 3.98. The number of aryl methyl sites for hydroxylation is 2. The maximum Gasteiger partial charge on any atom is 0.211 e. The lowest BCUT2D eigenvalue weighted by Crippen LogP contribution is -2.27. The summed E-state index contributed by atoms with van der Waals surface area (Å²) >= 11 is 0. The third-order valence-corrected chi connectivity index (χ3v) is 5.39. The van der Waals surface area contributed by atoms with Gasteiger partial charge in [0.15, 0.2) is 0 Å². The van der Waals surface area contributed by atoms with Crippen molar-refractivity contribution in [3.8, 4) is 0 Å². The van der Waals surface area contributed by atoms with Gasteiger partial charge in [0.05, 0.1) is 11.4 Å². The fourth-order valence-electron chi connectivity index (χ4n) is 2.34. The highest BCUT2D eigenvalue weighted by atomic mass is 32.2. The van der Waals surface area contributed by atoms with Crippen molar-refractivity contribution in [2.75, 3.05) is 12.3 Å². The van der Waals surface area contributed by atoms with Crippen molar-refractivity contribution in [3.05, 3.63) is 17.0 Å². The quantitative estimate of drug-likeness (QED) is 0.667. The largest absolute Gasteiger partial charge is 0.314 e. The molecule has 7 heteroatoms. The van der Waals surface area contributed by atoms with Crippen LogP contribution in [0.5, 0.6) is 0 Å². The molecular weight excluding hydrogens is 288 g/mol. The summed E-state index contributed by atoms with van der Waals surface area (Å²) in [4.78, 5) is 0. The Bertz CT molecular complexity index is 576. The van der Waals surface area contributed by atoms with E-state index in [1.807, 2.05) is 20.9 Å². The first-order valence-electron chi connectivity index (χ1n) is 7.59. The van der Waals surface area contributed by atoms with Crippen LogP contribution in [-0.2, 0) is 23.6 Å². The zero-order valence-electron chi connectivity index (χ0n) is 13.1. The molecule has 1 saturated carbocycles. The van der Waals surface area contributed by atoms with Crippen molar-refractivity contribution in [3.63, 3.8) is 0 Å². The topological polar surface area (TPSA) is 76.0 Å². The van der Waals surface area contributed by atoms with Crippen LogP contribution in [0.15, 0.2) is 0 Å². The van der Waals surface area contributed by atoms with Gasteiger partial charge in [0.25, 0.3) is 0 Å². The SMILES string of the molecule is Cc1nn(C)c(C)c1CNS(=O)(=O)CCCCNC1CC1. The molecule has 0 unspecified atom stereocenters. The lowest BCUT2D eigenvalue weighted by molar-refractivity contribution is 0.572. The van der Waals surface area contributed by atoms with Crippen molar-refractivity contribution < 1.29 is 8.42 Å². The summed E-state index contributed by atoms with van der Waals surface area (Å²) in [5.41, 5.74) is 2.85. The highest BCUT2D eigenvalue weighted by Gasteiger charge is 2.19. The second kappa shape index (κ2) is 6.89. The molecule has 0 spiro atoms. The molecule has 0 bridgehead atoms. The molecule has 21 heavy (non-hydrogen) atoms. The molecule has 120 valence electrons. The van der Waals surface area contributed by atoms with Gasteiger partial charge >= 0.3 is 0 Å². The van der Waals surface area contributed by atoms with Crippen LogP contribution in [0.3, 0.4) is 0 Å². The number of hydrogen-bond donors (Lipinski definition) is 2. The minimum absolute atomic E-state index is 0.192. The normalized spacial score (nSPS) is 15.6. The summed E-state index contributed by atoms with van der Waals surface area (Å²) < 4.78 is 28.4. The Hall–Kier alpha value is -0.920. The molecule has 1 fully saturated rings. The van der Waals surface area contributed by atoms with Gasteiger partial charge in [0, 0.05) is 30.9 Å². The van der Waals surface area contributed by atoms with E-state index in [0.717, 1.165) is 29.9 Å². The smallest absolute Gasteiger partial charge is 0.211 e. The molecule has 0 aliphatic heterocycles. The van der Waals surface area contributed by atoms with E-state index in [0.29, 0.717) is 19.0 Å². The highest BCUT2D eigenvalue weighted by molar-refractivity contribution is 7.89. The molecule has 6 nitrogen and oxygen atoms in total. The van der Waals surface area contributed by atoms with Crippen LogP contribution in [0.1, 0.15) is 42.6 Å². The zero-order chi connectivity index (χ0) is 15.5. The van der Waals surface area contributed by atoms with Gasteiger partial charge in [-0.25, -0.2) is 13.1 Å². The van der Waals surface area contributed by atoms with E-state index in [1.165, 1.54) is 12.8 Å². The van der Waals surface area contributed by atoms with Crippen molar-refractivity contribution in [2.45, 2.75) is 52.1 Å². The average Bonchev–Trinajstić information content (AvgIpc) is 3.18. The average molecular weight is 314 g/mol. The van der Waals surface area contributed by atoms with Gasteiger partial charge in [-0.1, -0.05) is 0 Å². The predicted octanol–water partition coefficient (Wildman–Crippen LogP) is 0.989. The molecule has 0 radical (unpaired) electrons. The molecule has 1 aromatic rings. The number of nitrogens with zero attached hydrogens (tertiary/aromatic N) is 2. The number of aromatic nitrogens is 2. The standard InChI is InChI=1S/C14H26N4O2S/c1-11-14(12(2)18(3)17-11)10-16-21(19,20)9-5-4-8-15-13-6-7-13/h13,15-16H,4-10H2,1-3H3. The monoisotopic (exact) mass is 314 g/mol. The minimum Gasteiger partial charge on any atom is -0.314 e. The van der Waals surface area contributed by atoms with Gasteiger partial charge in [-0.3, -0.25) is 4.68 Å². The Labute approximate surface area is 127 Å². The van der Waals surface area contributed by atoms with Crippen LogP contribution >= 0.6 is 0 Å².